The van der Waals surface area contributed by atoms with Crippen LogP contribution in [-0.4, -0.2) is 17.0 Å². The fourth-order valence-electron chi connectivity index (χ4n) is 1.15. The zero-order valence-electron chi connectivity index (χ0n) is 6.50. The van der Waals surface area contributed by atoms with Crippen LogP contribution in [0.1, 0.15) is 5.56 Å². The van der Waals surface area contributed by atoms with Crippen LogP contribution < -0.4 is 9.47 Å². The molecule has 2 N–H and O–H groups in total. The molecular weight excluding hydrogens is 160 g/mol. The molecule has 1 aliphatic rings. The summed E-state index contributed by atoms with van der Waals surface area (Å²) in [6.45, 7) is 1.75. The number of aromatic hydroxyl groups is 2. The zero-order chi connectivity index (χ0) is 8.72. The molecule has 0 radical (unpaired) electrons. The molecule has 0 saturated carbocycles. The number of phenols is 2. The fraction of sp³-hybridized carbons (Fsp3) is 0.250. The molecule has 0 aromatic heterocycles. The van der Waals surface area contributed by atoms with Gasteiger partial charge in [-0.2, -0.15) is 0 Å². The Kier molecular flexibility index (Phi) is 1.30. The molecule has 0 amide bonds. The third-order valence-corrected chi connectivity index (χ3v) is 1.86. The van der Waals surface area contributed by atoms with Gasteiger partial charge in [-0.3, -0.25) is 0 Å². The topological polar surface area (TPSA) is 58.9 Å². The maximum absolute atomic E-state index is 9.39. The number of hydrogen-bond acceptors (Lipinski definition) is 4. The van der Waals surface area contributed by atoms with E-state index in [9.17, 15) is 10.2 Å². The Hall–Kier alpha value is -1.58. The monoisotopic (exact) mass is 168 g/mol. The summed E-state index contributed by atoms with van der Waals surface area (Å²) >= 11 is 0. The van der Waals surface area contributed by atoms with Crippen molar-refractivity contribution in [1.82, 2.24) is 0 Å². The molecule has 0 saturated heterocycles. The van der Waals surface area contributed by atoms with Crippen molar-refractivity contribution in [3.05, 3.63) is 11.6 Å². The van der Waals surface area contributed by atoms with Gasteiger partial charge in [0.15, 0.2) is 11.5 Å². The van der Waals surface area contributed by atoms with Gasteiger partial charge in [-0.25, -0.2) is 0 Å². The summed E-state index contributed by atoms with van der Waals surface area (Å²) in [5.74, 6) is 0.588. The highest BCUT2D eigenvalue weighted by molar-refractivity contribution is 5.60. The molecule has 4 heteroatoms. The molecule has 1 aliphatic heterocycles. The largest absolute Gasteiger partial charge is 0.507 e. The molecule has 0 spiro atoms. The van der Waals surface area contributed by atoms with Crippen LogP contribution in [0.3, 0.4) is 0 Å². The fourth-order valence-corrected chi connectivity index (χ4v) is 1.15. The predicted molar refractivity (Wildman–Crippen MR) is 40.6 cm³/mol. The van der Waals surface area contributed by atoms with Crippen molar-refractivity contribution in [3.63, 3.8) is 0 Å². The quantitative estimate of drug-likeness (QED) is 0.570. The lowest BCUT2D eigenvalue weighted by atomic mass is 10.1. The van der Waals surface area contributed by atoms with Gasteiger partial charge in [-0.15, -0.1) is 0 Å². The van der Waals surface area contributed by atoms with Gasteiger partial charge in [-0.05, 0) is 6.92 Å². The molecule has 12 heavy (non-hydrogen) atoms. The third-order valence-electron chi connectivity index (χ3n) is 1.86. The normalized spacial score (nSPS) is 13.4. The maximum atomic E-state index is 9.39. The van der Waals surface area contributed by atoms with Gasteiger partial charge in [0.1, 0.15) is 5.75 Å². The molecule has 0 atom stereocenters. The summed E-state index contributed by atoms with van der Waals surface area (Å²) in [7, 11) is 0. The van der Waals surface area contributed by atoms with Gasteiger partial charge in [0.2, 0.25) is 12.5 Å². The van der Waals surface area contributed by atoms with E-state index >= 15 is 0 Å². The average molecular weight is 168 g/mol. The number of rotatable bonds is 0. The highest BCUT2D eigenvalue weighted by Gasteiger charge is 2.21. The minimum Gasteiger partial charge on any atom is -0.507 e. The summed E-state index contributed by atoms with van der Waals surface area (Å²) in [5.41, 5.74) is 0.527. The van der Waals surface area contributed by atoms with E-state index in [2.05, 4.69) is 0 Å². The smallest absolute Gasteiger partial charge is 0.231 e. The Morgan fingerprint density at radius 3 is 2.83 bits per heavy atom. The first kappa shape index (κ1) is 7.09. The van der Waals surface area contributed by atoms with E-state index in [1.54, 1.807) is 6.92 Å². The van der Waals surface area contributed by atoms with E-state index in [1.807, 2.05) is 0 Å². The Labute approximate surface area is 69.0 Å². The Morgan fingerprint density at radius 2 is 2.08 bits per heavy atom. The molecular formula is C8H8O4. The van der Waals surface area contributed by atoms with Crippen LogP contribution in [0.2, 0.25) is 0 Å². The van der Waals surface area contributed by atoms with Crippen molar-refractivity contribution in [3.8, 4) is 23.0 Å². The molecule has 1 aromatic carbocycles. The van der Waals surface area contributed by atoms with E-state index < -0.39 is 0 Å². The van der Waals surface area contributed by atoms with Gasteiger partial charge < -0.3 is 19.7 Å². The highest BCUT2D eigenvalue weighted by atomic mass is 16.7. The SMILES string of the molecule is Cc1c(O)cc2c(O)c1OCO2. The molecule has 1 aromatic rings. The van der Waals surface area contributed by atoms with E-state index in [4.69, 9.17) is 9.47 Å². The zero-order valence-corrected chi connectivity index (χ0v) is 6.50. The van der Waals surface area contributed by atoms with Crippen LogP contribution in [0.5, 0.6) is 23.0 Å². The Bertz CT molecular complexity index is 326. The van der Waals surface area contributed by atoms with Crippen molar-refractivity contribution < 1.29 is 19.7 Å². The van der Waals surface area contributed by atoms with Gasteiger partial charge in [-0.1, -0.05) is 0 Å². The first-order valence-corrected chi connectivity index (χ1v) is 3.51. The molecule has 0 fully saturated rings. The molecule has 0 aliphatic carbocycles. The first-order chi connectivity index (χ1) is 5.70. The number of fused-ring (bicyclic) bond motifs is 2. The van der Waals surface area contributed by atoms with E-state index in [0.717, 1.165) is 0 Å². The molecule has 64 valence electrons. The number of ether oxygens (including phenoxy) is 2. The summed E-state index contributed by atoms with van der Waals surface area (Å²) < 4.78 is 9.91. The minimum absolute atomic E-state index is 0.0449. The van der Waals surface area contributed by atoms with Crippen molar-refractivity contribution in [2.24, 2.45) is 0 Å². The van der Waals surface area contributed by atoms with Gasteiger partial charge in [0, 0.05) is 11.6 Å². The van der Waals surface area contributed by atoms with Gasteiger partial charge >= 0.3 is 0 Å². The third kappa shape index (κ3) is 0.777. The number of phenolic OH excluding ortho intramolecular Hbond substituents is 2. The predicted octanol–water partition coefficient (Wildman–Crippen LogP) is 1.13. The van der Waals surface area contributed by atoms with E-state index in [1.165, 1.54) is 6.07 Å². The van der Waals surface area contributed by atoms with Crippen molar-refractivity contribution >= 4 is 0 Å². The number of hydrogen-bond donors (Lipinski definition) is 2. The molecule has 2 rings (SSSR count). The summed E-state index contributed by atoms with van der Waals surface area (Å²) in [6.07, 6.45) is 0. The first-order valence-electron chi connectivity index (χ1n) is 3.51. The lowest BCUT2D eigenvalue weighted by molar-refractivity contribution is 0.0920. The molecule has 2 bridgehead atoms. The lowest BCUT2D eigenvalue weighted by Gasteiger charge is -2.20. The summed E-state index contributed by atoms with van der Waals surface area (Å²) in [4.78, 5) is 0. The molecule has 0 unspecified atom stereocenters. The number of benzene rings is 1. The molecule has 1 heterocycles. The van der Waals surface area contributed by atoms with Crippen LogP contribution in [-0.2, 0) is 0 Å². The summed E-state index contributed by atoms with van der Waals surface area (Å²) in [5, 5.41) is 18.7. The van der Waals surface area contributed by atoms with Crippen LogP contribution in [0.15, 0.2) is 6.07 Å². The van der Waals surface area contributed by atoms with Gasteiger partial charge in [0.25, 0.3) is 0 Å². The average Bonchev–Trinajstić information content (AvgIpc) is 2.04. The van der Waals surface area contributed by atoms with E-state index in [0.29, 0.717) is 11.3 Å². The second-order valence-electron chi connectivity index (χ2n) is 2.60. The maximum Gasteiger partial charge on any atom is 0.231 e. The highest BCUT2D eigenvalue weighted by Crippen LogP contribution is 2.45. The Morgan fingerprint density at radius 1 is 1.33 bits per heavy atom. The van der Waals surface area contributed by atoms with Crippen LogP contribution in [0.25, 0.3) is 0 Å². The second-order valence-corrected chi connectivity index (χ2v) is 2.60. The van der Waals surface area contributed by atoms with Crippen molar-refractivity contribution in [2.45, 2.75) is 6.92 Å². The van der Waals surface area contributed by atoms with Gasteiger partial charge in [0.05, 0.1) is 0 Å². The van der Waals surface area contributed by atoms with E-state index in [-0.39, 0.29) is 24.0 Å². The summed E-state index contributed by atoms with van der Waals surface area (Å²) in [6, 6.07) is 1.37. The lowest BCUT2D eigenvalue weighted by Crippen LogP contribution is -2.11. The molecule has 4 nitrogen and oxygen atoms in total. The Balaban J connectivity index is 2.71. The van der Waals surface area contributed by atoms with Crippen molar-refractivity contribution in [1.29, 1.82) is 0 Å². The minimum atomic E-state index is -0.0449. The second kappa shape index (κ2) is 2.20. The standard InChI is InChI=1S/C8H8O4/c1-4-5(9)2-6-7(10)8(4)12-3-11-6/h2,9-10H,3H2,1H3. The van der Waals surface area contributed by atoms with Crippen LogP contribution in [0, 0.1) is 6.92 Å². The van der Waals surface area contributed by atoms with Crippen LogP contribution in [0.4, 0.5) is 0 Å². The van der Waals surface area contributed by atoms with Crippen molar-refractivity contribution in [2.75, 3.05) is 6.79 Å². The van der Waals surface area contributed by atoms with Crippen LogP contribution >= 0.6 is 0 Å².